The molecule has 1 rings (SSSR count). The molecule has 0 aromatic heterocycles. The first kappa shape index (κ1) is 16.3. The maximum absolute atomic E-state index is 11.9. The SMILES string of the molecule is CC(C)OC(=O)C1CC(=O)C(C(=O)OC(C)C)CC1=O. The fourth-order valence-corrected chi connectivity index (χ4v) is 1.97. The monoisotopic (exact) mass is 284 g/mol. The second-order valence-electron chi connectivity index (χ2n) is 5.42. The molecule has 0 saturated heterocycles. The van der Waals surface area contributed by atoms with Crippen LogP contribution in [0.2, 0.25) is 0 Å². The molecule has 1 fully saturated rings. The van der Waals surface area contributed by atoms with Crippen molar-refractivity contribution in [2.45, 2.75) is 52.7 Å². The fraction of sp³-hybridized carbons (Fsp3) is 0.714. The fourth-order valence-electron chi connectivity index (χ4n) is 1.97. The van der Waals surface area contributed by atoms with Crippen LogP contribution in [0.1, 0.15) is 40.5 Å². The molecule has 20 heavy (non-hydrogen) atoms. The highest BCUT2D eigenvalue weighted by Crippen LogP contribution is 2.26. The summed E-state index contributed by atoms with van der Waals surface area (Å²) in [5.41, 5.74) is 0. The second kappa shape index (κ2) is 6.63. The average Bonchev–Trinajstić information content (AvgIpc) is 2.29. The lowest BCUT2D eigenvalue weighted by Gasteiger charge is -2.25. The van der Waals surface area contributed by atoms with E-state index in [9.17, 15) is 19.2 Å². The van der Waals surface area contributed by atoms with E-state index in [4.69, 9.17) is 9.47 Å². The maximum atomic E-state index is 11.9. The van der Waals surface area contributed by atoms with Crippen molar-refractivity contribution >= 4 is 23.5 Å². The Labute approximate surface area is 117 Å². The quantitative estimate of drug-likeness (QED) is 0.566. The van der Waals surface area contributed by atoms with Crippen molar-refractivity contribution in [1.82, 2.24) is 0 Å². The van der Waals surface area contributed by atoms with Gasteiger partial charge in [0.15, 0.2) is 0 Å². The summed E-state index contributed by atoms with van der Waals surface area (Å²) in [6.07, 6.45) is -1.28. The number of hydrogen-bond acceptors (Lipinski definition) is 6. The molecule has 0 spiro atoms. The summed E-state index contributed by atoms with van der Waals surface area (Å²) in [7, 11) is 0. The van der Waals surface area contributed by atoms with Crippen molar-refractivity contribution in [3.8, 4) is 0 Å². The Morgan fingerprint density at radius 1 is 0.850 bits per heavy atom. The summed E-state index contributed by atoms with van der Waals surface area (Å²) in [6.45, 7) is 6.65. The molecule has 0 bridgehead atoms. The van der Waals surface area contributed by atoms with Crippen LogP contribution in [-0.2, 0) is 28.7 Å². The van der Waals surface area contributed by atoms with Gasteiger partial charge in [0.2, 0.25) is 0 Å². The van der Waals surface area contributed by atoms with Crippen molar-refractivity contribution in [3.63, 3.8) is 0 Å². The molecular formula is C14H20O6. The molecule has 1 aliphatic carbocycles. The number of carbonyl (C=O) groups is 4. The van der Waals surface area contributed by atoms with Crippen LogP contribution in [-0.4, -0.2) is 35.7 Å². The van der Waals surface area contributed by atoms with Gasteiger partial charge in [-0.25, -0.2) is 0 Å². The lowest BCUT2D eigenvalue weighted by atomic mass is 9.80. The third-order valence-electron chi connectivity index (χ3n) is 2.86. The summed E-state index contributed by atoms with van der Waals surface area (Å²) in [6, 6.07) is 0. The van der Waals surface area contributed by atoms with Gasteiger partial charge in [0.1, 0.15) is 23.4 Å². The number of esters is 2. The summed E-state index contributed by atoms with van der Waals surface area (Å²) in [4.78, 5) is 47.2. The molecule has 2 atom stereocenters. The lowest BCUT2D eigenvalue weighted by molar-refractivity contribution is -0.165. The van der Waals surface area contributed by atoms with E-state index < -0.39 is 35.3 Å². The molecule has 0 heterocycles. The van der Waals surface area contributed by atoms with E-state index in [2.05, 4.69) is 0 Å². The van der Waals surface area contributed by atoms with Crippen LogP contribution in [0.25, 0.3) is 0 Å². The Hall–Kier alpha value is -1.72. The van der Waals surface area contributed by atoms with E-state index in [-0.39, 0.29) is 25.0 Å². The van der Waals surface area contributed by atoms with Crippen molar-refractivity contribution in [2.75, 3.05) is 0 Å². The van der Waals surface area contributed by atoms with Gasteiger partial charge >= 0.3 is 11.9 Å². The molecule has 112 valence electrons. The van der Waals surface area contributed by atoms with Gasteiger partial charge in [-0.15, -0.1) is 0 Å². The van der Waals surface area contributed by atoms with Gasteiger partial charge < -0.3 is 9.47 Å². The normalized spacial score (nSPS) is 23.1. The first-order valence-electron chi connectivity index (χ1n) is 6.68. The van der Waals surface area contributed by atoms with Crippen molar-refractivity contribution in [1.29, 1.82) is 0 Å². The molecule has 0 aromatic rings. The maximum Gasteiger partial charge on any atom is 0.317 e. The van der Waals surface area contributed by atoms with Gasteiger partial charge in [-0.3, -0.25) is 19.2 Å². The van der Waals surface area contributed by atoms with Crippen LogP contribution in [0.15, 0.2) is 0 Å². The van der Waals surface area contributed by atoms with E-state index in [1.165, 1.54) is 0 Å². The number of rotatable bonds is 4. The lowest BCUT2D eigenvalue weighted by Crippen LogP contribution is -2.42. The third-order valence-corrected chi connectivity index (χ3v) is 2.86. The number of ether oxygens (including phenoxy) is 2. The molecule has 0 aliphatic heterocycles. The molecule has 0 amide bonds. The summed E-state index contributed by atoms with van der Waals surface area (Å²) in [5.74, 6) is -4.47. The van der Waals surface area contributed by atoms with Crippen molar-refractivity contribution in [3.05, 3.63) is 0 Å². The van der Waals surface area contributed by atoms with E-state index in [1.807, 2.05) is 0 Å². The van der Waals surface area contributed by atoms with Gasteiger partial charge in [0.05, 0.1) is 12.2 Å². The molecule has 0 radical (unpaired) electrons. The number of hydrogen-bond donors (Lipinski definition) is 0. The predicted octanol–water partition coefficient (Wildman–Crippen LogP) is 1.05. The standard InChI is InChI=1S/C14H20O6/c1-7(2)19-13(17)9-5-12(16)10(6-11(9)15)14(18)20-8(3)4/h7-10H,5-6H2,1-4H3. The van der Waals surface area contributed by atoms with Crippen LogP contribution in [0.4, 0.5) is 0 Å². The molecule has 0 N–H and O–H groups in total. The van der Waals surface area contributed by atoms with E-state index in [0.717, 1.165) is 0 Å². The zero-order valence-corrected chi connectivity index (χ0v) is 12.2. The number of carbonyl (C=O) groups excluding carboxylic acids is 4. The smallest absolute Gasteiger partial charge is 0.317 e. The zero-order chi connectivity index (χ0) is 15.4. The Kier molecular flexibility index (Phi) is 5.42. The van der Waals surface area contributed by atoms with Crippen molar-refractivity contribution < 1.29 is 28.7 Å². The highest BCUT2D eigenvalue weighted by molar-refractivity contribution is 6.12. The summed E-state index contributed by atoms with van der Waals surface area (Å²) in [5, 5.41) is 0. The van der Waals surface area contributed by atoms with Crippen molar-refractivity contribution in [2.24, 2.45) is 11.8 Å². The molecule has 0 aromatic carbocycles. The average molecular weight is 284 g/mol. The third kappa shape index (κ3) is 4.15. The van der Waals surface area contributed by atoms with Crippen LogP contribution in [0.5, 0.6) is 0 Å². The van der Waals surface area contributed by atoms with Gasteiger partial charge in [-0.2, -0.15) is 0 Å². The van der Waals surface area contributed by atoms with Gasteiger partial charge in [-0.1, -0.05) is 0 Å². The van der Waals surface area contributed by atoms with Gasteiger partial charge in [0.25, 0.3) is 0 Å². The topological polar surface area (TPSA) is 86.7 Å². The van der Waals surface area contributed by atoms with Crippen LogP contribution in [0.3, 0.4) is 0 Å². The Balaban J connectivity index is 2.71. The van der Waals surface area contributed by atoms with Crippen LogP contribution >= 0.6 is 0 Å². The second-order valence-corrected chi connectivity index (χ2v) is 5.42. The molecule has 2 unspecified atom stereocenters. The van der Waals surface area contributed by atoms with Gasteiger partial charge in [0, 0.05) is 12.8 Å². The predicted molar refractivity (Wildman–Crippen MR) is 68.7 cm³/mol. The molecule has 6 heteroatoms. The Bertz CT molecular complexity index is 383. The van der Waals surface area contributed by atoms with E-state index in [1.54, 1.807) is 27.7 Å². The van der Waals surface area contributed by atoms with Crippen LogP contribution in [0, 0.1) is 11.8 Å². The number of Topliss-reactive ketones (excluding diaryl/α,β-unsaturated/α-hetero) is 2. The van der Waals surface area contributed by atoms with Gasteiger partial charge in [-0.05, 0) is 27.7 Å². The summed E-state index contributed by atoms with van der Waals surface area (Å²) < 4.78 is 9.88. The first-order chi connectivity index (χ1) is 9.22. The molecule has 1 aliphatic rings. The molecule has 6 nitrogen and oxygen atoms in total. The van der Waals surface area contributed by atoms with E-state index >= 15 is 0 Å². The summed E-state index contributed by atoms with van der Waals surface area (Å²) >= 11 is 0. The largest absolute Gasteiger partial charge is 0.462 e. The minimum Gasteiger partial charge on any atom is -0.462 e. The zero-order valence-electron chi connectivity index (χ0n) is 12.2. The number of ketones is 2. The highest BCUT2D eigenvalue weighted by Gasteiger charge is 2.43. The Morgan fingerprint density at radius 3 is 1.40 bits per heavy atom. The first-order valence-corrected chi connectivity index (χ1v) is 6.68. The van der Waals surface area contributed by atoms with E-state index in [0.29, 0.717) is 0 Å². The Morgan fingerprint density at radius 2 is 1.15 bits per heavy atom. The highest BCUT2D eigenvalue weighted by atomic mass is 16.5. The minimum absolute atomic E-state index is 0.289. The molecule has 1 saturated carbocycles. The minimum atomic E-state index is -1.09. The molecular weight excluding hydrogens is 264 g/mol. The van der Waals surface area contributed by atoms with Crippen LogP contribution < -0.4 is 0 Å².